The number of ether oxygens (including phenoxy) is 5. The highest BCUT2D eigenvalue weighted by molar-refractivity contribution is 6.07. The van der Waals surface area contributed by atoms with E-state index in [0.717, 1.165) is 23.3 Å². The number of hydrogen-bond donors (Lipinski definition) is 0. The van der Waals surface area contributed by atoms with Gasteiger partial charge in [-0.05, 0) is 43.3 Å². The van der Waals surface area contributed by atoms with E-state index in [-0.39, 0.29) is 11.9 Å². The molecule has 0 spiro atoms. The number of hydrogen-bond acceptors (Lipinski definition) is 6. The number of rotatable bonds is 7. The lowest BCUT2D eigenvalue weighted by Gasteiger charge is -2.13. The summed E-state index contributed by atoms with van der Waals surface area (Å²) in [6, 6.07) is 7.11. The molecule has 148 valence electrons. The van der Waals surface area contributed by atoms with Gasteiger partial charge in [-0.2, -0.15) is 0 Å². The van der Waals surface area contributed by atoms with Crippen LogP contribution >= 0.6 is 0 Å². The van der Waals surface area contributed by atoms with Gasteiger partial charge in [-0.1, -0.05) is 0 Å². The Morgan fingerprint density at radius 3 is 2.18 bits per heavy atom. The summed E-state index contributed by atoms with van der Waals surface area (Å²) < 4.78 is 27.2. The van der Waals surface area contributed by atoms with Crippen molar-refractivity contribution < 1.29 is 28.5 Å². The minimum atomic E-state index is -0.198. The summed E-state index contributed by atoms with van der Waals surface area (Å²) in [5, 5.41) is 0. The fraction of sp³-hybridized carbons (Fsp3) is 0.318. The molecule has 6 heteroatoms. The van der Waals surface area contributed by atoms with E-state index in [2.05, 4.69) is 0 Å². The molecular formula is C22H24O6. The number of methoxy groups -OCH3 is 4. The summed E-state index contributed by atoms with van der Waals surface area (Å²) in [5.74, 6) is 2.62. The number of fused-ring (bicyclic) bond motifs is 1. The zero-order valence-electron chi connectivity index (χ0n) is 16.7. The molecule has 0 radical (unpaired) electrons. The zero-order chi connectivity index (χ0) is 20.3. The van der Waals surface area contributed by atoms with E-state index in [4.69, 9.17) is 23.7 Å². The van der Waals surface area contributed by atoms with Crippen LogP contribution in [-0.2, 0) is 6.42 Å². The number of allylic oxidation sites excluding steroid dienone is 1. The van der Waals surface area contributed by atoms with Gasteiger partial charge in [0.2, 0.25) is 5.75 Å². The molecule has 0 saturated heterocycles. The van der Waals surface area contributed by atoms with E-state index in [0.29, 0.717) is 28.6 Å². The number of ketones is 1. The molecular weight excluding hydrogens is 360 g/mol. The molecule has 1 heterocycles. The molecule has 1 atom stereocenters. The van der Waals surface area contributed by atoms with E-state index in [9.17, 15) is 4.79 Å². The number of carbonyl (C=O) groups excluding carboxylic acids is 1. The SMILES string of the molecule is COc1cc2c(cc1/C=C/C(=O)c1cc(OC)c(OC)c(OC)c1)OC(C)C2. The second-order valence-electron chi connectivity index (χ2n) is 6.45. The van der Waals surface area contributed by atoms with Gasteiger partial charge in [0.25, 0.3) is 0 Å². The second kappa shape index (κ2) is 8.25. The summed E-state index contributed by atoms with van der Waals surface area (Å²) in [6.45, 7) is 2.02. The van der Waals surface area contributed by atoms with Gasteiger partial charge in [-0.25, -0.2) is 0 Å². The molecule has 1 aliphatic rings. The summed E-state index contributed by atoms with van der Waals surface area (Å²) in [6.07, 6.45) is 4.19. The van der Waals surface area contributed by atoms with Gasteiger partial charge in [0.05, 0.1) is 28.4 Å². The Labute approximate surface area is 164 Å². The Hall–Kier alpha value is -3.15. The highest BCUT2D eigenvalue weighted by Gasteiger charge is 2.21. The normalized spacial score (nSPS) is 15.1. The number of benzene rings is 2. The monoisotopic (exact) mass is 384 g/mol. The predicted molar refractivity (Wildman–Crippen MR) is 106 cm³/mol. The van der Waals surface area contributed by atoms with Crippen molar-refractivity contribution in [1.29, 1.82) is 0 Å². The first-order valence-corrected chi connectivity index (χ1v) is 8.90. The van der Waals surface area contributed by atoms with Crippen LogP contribution in [0.2, 0.25) is 0 Å². The van der Waals surface area contributed by atoms with Crippen LogP contribution in [0.5, 0.6) is 28.7 Å². The first kappa shape index (κ1) is 19.6. The Kier molecular flexibility index (Phi) is 5.78. The average molecular weight is 384 g/mol. The van der Waals surface area contributed by atoms with Gasteiger partial charge in [0, 0.05) is 23.1 Å². The van der Waals surface area contributed by atoms with E-state index in [1.54, 1.807) is 25.3 Å². The summed E-state index contributed by atoms with van der Waals surface area (Å²) in [7, 11) is 6.15. The summed E-state index contributed by atoms with van der Waals surface area (Å²) in [4.78, 5) is 12.7. The smallest absolute Gasteiger partial charge is 0.203 e. The van der Waals surface area contributed by atoms with E-state index in [1.807, 2.05) is 19.1 Å². The van der Waals surface area contributed by atoms with Crippen molar-refractivity contribution in [1.82, 2.24) is 0 Å². The van der Waals surface area contributed by atoms with E-state index in [1.165, 1.54) is 27.4 Å². The fourth-order valence-corrected chi connectivity index (χ4v) is 3.25. The minimum absolute atomic E-state index is 0.139. The minimum Gasteiger partial charge on any atom is -0.496 e. The van der Waals surface area contributed by atoms with Crippen LogP contribution in [-0.4, -0.2) is 40.3 Å². The Bertz CT molecular complexity index is 890. The molecule has 3 rings (SSSR count). The predicted octanol–water partition coefficient (Wildman–Crippen LogP) is 3.94. The van der Waals surface area contributed by atoms with Crippen molar-refractivity contribution in [2.24, 2.45) is 0 Å². The van der Waals surface area contributed by atoms with Gasteiger partial charge in [-0.15, -0.1) is 0 Å². The lowest BCUT2D eigenvalue weighted by atomic mass is 10.0. The second-order valence-corrected chi connectivity index (χ2v) is 6.45. The van der Waals surface area contributed by atoms with Crippen LogP contribution in [0.25, 0.3) is 6.08 Å². The Morgan fingerprint density at radius 2 is 1.61 bits per heavy atom. The van der Waals surface area contributed by atoms with Crippen LogP contribution < -0.4 is 23.7 Å². The van der Waals surface area contributed by atoms with Crippen molar-refractivity contribution in [3.63, 3.8) is 0 Å². The van der Waals surface area contributed by atoms with Crippen molar-refractivity contribution in [3.8, 4) is 28.7 Å². The molecule has 0 N–H and O–H groups in total. The Morgan fingerprint density at radius 1 is 0.964 bits per heavy atom. The standard InChI is InChI=1S/C22H24O6/c1-13-8-16-12-18(24-2)14(9-19(16)28-13)6-7-17(23)15-10-20(25-3)22(27-5)21(11-15)26-4/h6-7,9-13H,8H2,1-5H3/b7-6+. The van der Waals surface area contributed by atoms with Crippen LogP contribution in [0.1, 0.15) is 28.4 Å². The topological polar surface area (TPSA) is 63.2 Å². The maximum Gasteiger partial charge on any atom is 0.203 e. The van der Waals surface area contributed by atoms with Gasteiger partial charge < -0.3 is 23.7 Å². The van der Waals surface area contributed by atoms with Gasteiger partial charge >= 0.3 is 0 Å². The third-order valence-electron chi connectivity index (χ3n) is 4.61. The molecule has 2 aromatic rings. The van der Waals surface area contributed by atoms with Crippen molar-refractivity contribution in [2.75, 3.05) is 28.4 Å². The zero-order valence-corrected chi connectivity index (χ0v) is 16.7. The van der Waals surface area contributed by atoms with Gasteiger partial charge in [0.15, 0.2) is 17.3 Å². The van der Waals surface area contributed by atoms with E-state index < -0.39 is 0 Å². The fourth-order valence-electron chi connectivity index (χ4n) is 3.25. The molecule has 0 aliphatic carbocycles. The molecule has 0 saturated carbocycles. The molecule has 0 bridgehead atoms. The van der Waals surface area contributed by atoms with Crippen molar-refractivity contribution in [2.45, 2.75) is 19.4 Å². The average Bonchev–Trinajstić information content (AvgIpc) is 3.08. The first-order valence-electron chi connectivity index (χ1n) is 8.90. The largest absolute Gasteiger partial charge is 0.496 e. The molecule has 0 fully saturated rings. The first-order chi connectivity index (χ1) is 13.5. The Balaban J connectivity index is 1.91. The molecule has 2 aromatic carbocycles. The lowest BCUT2D eigenvalue weighted by molar-refractivity contribution is 0.104. The third kappa shape index (κ3) is 3.76. The molecule has 1 aliphatic heterocycles. The van der Waals surface area contributed by atoms with Crippen LogP contribution in [0.15, 0.2) is 30.3 Å². The molecule has 0 aromatic heterocycles. The van der Waals surface area contributed by atoms with Crippen LogP contribution in [0.3, 0.4) is 0 Å². The maximum atomic E-state index is 12.7. The summed E-state index contributed by atoms with van der Waals surface area (Å²) >= 11 is 0. The van der Waals surface area contributed by atoms with Crippen molar-refractivity contribution >= 4 is 11.9 Å². The number of carbonyl (C=O) groups is 1. The highest BCUT2D eigenvalue weighted by Crippen LogP contribution is 2.39. The van der Waals surface area contributed by atoms with E-state index >= 15 is 0 Å². The maximum absolute atomic E-state index is 12.7. The lowest BCUT2D eigenvalue weighted by Crippen LogP contribution is -2.05. The van der Waals surface area contributed by atoms with Crippen LogP contribution in [0, 0.1) is 0 Å². The summed E-state index contributed by atoms with van der Waals surface area (Å²) in [5.41, 5.74) is 2.31. The molecule has 1 unspecified atom stereocenters. The third-order valence-corrected chi connectivity index (χ3v) is 4.61. The van der Waals surface area contributed by atoms with Crippen LogP contribution in [0.4, 0.5) is 0 Å². The molecule has 6 nitrogen and oxygen atoms in total. The van der Waals surface area contributed by atoms with Gasteiger partial charge in [-0.3, -0.25) is 4.79 Å². The van der Waals surface area contributed by atoms with Crippen molar-refractivity contribution in [3.05, 3.63) is 47.0 Å². The molecule has 0 amide bonds. The quantitative estimate of drug-likeness (QED) is 0.532. The highest BCUT2D eigenvalue weighted by atomic mass is 16.5. The molecule has 28 heavy (non-hydrogen) atoms. The van der Waals surface area contributed by atoms with Gasteiger partial charge in [0.1, 0.15) is 17.6 Å².